The van der Waals surface area contributed by atoms with Crippen LogP contribution in [0.15, 0.2) is 0 Å². The van der Waals surface area contributed by atoms with Gasteiger partial charge in [0, 0.05) is 79.1 Å². The molecular weight excluding hydrogens is 644 g/mol. The second-order valence-electron chi connectivity index (χ2n) is 8.89. The Labute approximate surface area is 274 Å². The summed E-state index contributed by atoms with van der Waals surface area (Å²) in [6.45, 7) is 19.4. The average Bonchev–Trinajstić information content (AvgIpc) is 2.91. The normalized spacial score (nSPS) is 10.8. The van der Waals surface area contributed by atoms with Crippen LogP contribution in [0.4, 0.5) is 0 Å². The molecule has 0 rings (SSSR count). The van der Waals surface area contributed by atoms with Gasteiger partial charge >= 0.3 is 18.1 Å². The monoisotopic (exact) mass is 710 g/mol. The zero-order valence-electron chi connectivity index (χ0n) is 27.9. The van der Waals surface area contributed by atoms with E-state index in [1.807, 2.05) is 0 Å². The quantitative estimate of drug-likeness (QED) is 0.0727. The molecule has 252 valence electrons. The van der Waals surface area contributed by atoms with Gasteiger partial charge in [-0.3, -0.25) is 0 Å². The number of aliphatic hydroxyl groups excluding tert-OH is 2. The summed E-state index contributed by atoms with van der Waals surface area (Å²) in [5.41, 5.74) is 0. The van der Waals surface area contributed by atoms with Gasteiger partial charge in [-0.2, -0.15) is 0 Å². The number of hydrogen-bond acceptors (Lipinski definition) is 10. The molecule has 0 spiro atoms. The summed E-state index contributed by atoms with van der Waals surface area (Å²) in [5.74, 6) is 0. The number of rotatable bonds is 24. The maximum absolute atomic E-state index is 10.2. The van der Waals surface area contributed by atoms with Crippen molar-refractivity contribution in [2.24, 2.45) is 0 Å². The molecule has 0 aliphatic rings. The van der Waals surface area contributed by atoms with Crippen LogP contribution in [0, 0.1) is 0 Å². The molecule has 0 aromatic carbocycles. The minimum Gasteiger partial charge on any atom is -0.397 e. The summed E-state index contributed by atoms with van der Waals surface area (Å²) in [6, 6.07) is 0. The Hall–Kier alpha value is 0.917. The van der Waals surface area contributed by atoms with E-state index in [2.05, 4.69) is 41.5 Å². The van der Waals surface area contributed by atoms with Gasteiger partial charge in [-0.05, 0) is 52.4 Å². The van der Waals surface area contributed by atoms with Crippen LogP contribution >= 0.6 is 0 Å². The Morgan fingerprint density at radius 1 is 0.366 bits per heavy atom. The van der Waals surface area contributed by atoms with Gasteiger partial charge in [0.15, 0.2) is 0 Å². The largest absolute Gasteiger partial charge is 0.676 e. The molecule has 0 saturated heterocycles. The van der Waals surface area contributed by atoms with E-state index in [1.165, 1.54) is 0 Å². The molecule has 4 N–H and O–H groups in total. The first-order chi connectivity index (χ1) is 19.2. The third kappa shape index (κ3) is 45.5. The first-order valence-electron chi connectivity index (χ1n) is 15.7. The van der Waals surface area contributed by atoms with Crippen LogP contribution in [0.3, 0.4) is 0 Å². The van der Waals surface area contributed by atoms with Crippen LogP contribution in [-0.2, 0) is 52.8 Å². The fraction of sp³-hybridized carbons (Fsp3) is 1.00. The van der Waals surface area contributed by atoms with Gasteiger partial charge in [0.05, 0.1) is 0 Å². The number of hydrogen-bond donors (Lipinski definition) is 4. The van der Waals surface area contributed by atoms with Gasteiger partial charge < -0.3 is 46.4 Å². The van der Waals surface area contributed by atoms with Gasteiger partial charge in [0.25, 0.3) is 0 Å². The molecule has 0 fully saturated rings. The Kier molecular flexibility index (Phi) is 54.1. The predicted molar refractivity (Wildman–Crippen MR) is 167 cm³/mol. The van der Waals surface area contributed by atoms with Gasteiger partial charge in [0.2, 0.25) is 0 Å². The van der Waals surface area contributed by atoms with Crippen molar-refractivity contribution in [2.45, 2.75) is 132 Å². The van der Waals surface area contributed by atoms with E-state index in [0.717, 1.165) is 77.0 Å². The molecule has 0 saturated carbocycles. The summed E-state index contributed by atoms with van der Waals surface area (Å²) in [7, 11) is -6.72. The average molecular weight is 712 g/mol. The molecule has 0 aromatic heterocycles. The third-order valence-corrected chi connectivity index (χ3v) is 8.11. The van der Waals surface area contributed by atoms with Crippen LogP contribution in [0.25, 0.3) is 0 Å². The molecule has 0 heterocycles. The van der Waals surface area contributed by atoms with E-state index in [9.17, 15) is 9.59 Å². The van der Waals surface area contributed by atoms with E-state index in [0.29, 0.717) is 39.6 Å². The van der Waals surface area contributed by atoms with Crippen LogP contribution in [0.2, 0.25) is 0 Å². The minimum absolute atomic E-state index is 0. The van der Waals surface area contributed by atoms with E-state index in [4.69, 9.17) is 36.8 Å². The van der Waals surface area contributed by atoms with E-state index >= 15 is 0 Å². The van der Waals surface area contributed by atoms with Gasteiger partial charge in [0.1, 0.15) is 0 Å². The van der Waals surface area contributed by atoms with E-state index < -0.39 is 18.1 Å². The second-order valence-corrected chi connectivity index (χ2v) is 12.7. The van der Waals surface area contributed by atoms with Crippen molar-refractivity contribution in [2.75, 3.05) is 52.9 Å². The Morgan fingerprint density at radius 3 is 0.585 bits per heavy atom. The van der Waals surface area contributed by atoms with Crippen LogP contribution in [-0.4, -0.2) is 90.8 Å². The maximum Gasteiger partial charge on any atom is 0.676 e. The summed E-state index contributed by atoms with van der Waals surface area (Å²) in [6.07, 6.45) is 11.7. The molecule has 0 unspecified atom stereocenters. The predicted octanol–water partition coefficient (Wildman–Crippen LogP) is 5.72. The van der Waals surface area contributed by atoms with Crippen molar-refractivity contribution in [1.29, 1.82) is 0 Å². The summed E-state index contributed by atoms with van der Waals surface area (Å²) < 4.78 is 32.5. The van der Waals surface area contributed by atoms with Crippen LogP contribution in [0.1, 0.15) is 132 Å². The van der Waals surface area contributed by atoms with Crippen molar-refractivity contribution in [3.63, 3.8) is 0 Å². The van der Waals surface area contributed by atoms with Crippen molar-refractivity contribution in [3.8, 4) is 0 Å². The Balaban J connectivity index is -0.000000173. The molecule has 0 bridgehead atoms. The standard InChI is InChI=1S/2C12H28O4Si.2C2H6O.Zr/c2*1-4-7-10-14-17(13,15-11-8-5-2)16-12-9-6-3;2*1-2-3;/h2*13H,4-12H2,1-3H3;2*3H,2H2,1H3;. The van der Waals surface area contributed by atoms with Crippen molar-refractivity contribution < 1.29 is 72.6 Å². The first kappa shape index (κ1) is 51.5. The molecule has 0 amide bonds. The zero-order valence-corrected chi connectivity index (χ0v) is 32.3. The van der Waals surface area contributed by atoms with Crippen molar-refractivity contribution >= 4 is 18.1 Å². The van der Waals surface area contributed by atoms with Crippen molar-refractivity contribution in [3.05, 3.63) is 0 Å². The van der Waals surface area contributed by atoms with Crippen LogP contribution in [0.5, 0.6) is 0 Å². The fourth-order valence-corrected chi connectivity index (χ4v) is 5.24. The van der Waals surface area contributed by atoms with Crippen molar-refractivity contribution in [1.82, 2.24) is 0 Å². The third-order valence-electron chi connectivity index (χ3n) is 4.69. The summed E-state index contributed by atoms with van der Waals surface area (Å²) in [4.78, 5) is 20.3. The molecule has 0 atom stereocenters. The van der Waals surface area contributed by atoms with Gasteiger partial charge in [-0.15, -0.1) is 0 Å². The number of unbranched alkanes of at least 4 members (excludes halogenated alkanes) is 6. The second kappa shape index (κ2) is 43.0. The molecule has 13 heteroatoms. The first-order valence-corrected chi connectivity index (χ1v) is 19.0. The van der Waals surface area contributed by atoms with Crippen LogP contribution < -0.4 is 0 Å². The molecule has 0 aliphatic heterocycles. The van der Waals surface area contributed by atoms with Gasteiger partial charge in [-0.25, -0.2) is 0 Å². The Morgan fingerprint density at radius 2 is 0.488 bits per heavy atom. The van der Waals surface area contributed by atoms with Gasteiger partial charge in [-0.1, -0.05) is 80.1 Å². The molecule has 0 aromatic rings. The SMILES string of the molecule is CCCCO[Si](O)(OCCCC)OCCCC.CCCCO[Si](O)(OCCCC)OCCCC.CCO.CCO.[Zr]. The molecular formula is C28H68O10Si2Zr. The summed E-state index contributed by atoms with van der Waals surface area (Å²) >= 11 is 0. The maximum atomic E-state index is 10.2. The van der Waals surface area contributed by atoms with E-state index in [-0.39, 0.29) is 39.4 Å². The molecule has 0 aliphatic carbocycles. The molecule has 10 nitrogen and oxygen atoms in total. The smallest absolute Gasteiger partial charge is 0.397 e. The number of aliphatic hydroxyl groups is 2. The zero-order chi connectivity index (χ0) is 31.4. The summed E-state index contributed by atoms with van der Waals surface area (Å²) in [5, 5.41) is 15.1. The Bertz CT molecular complexity index is 354. The fourth-order valence-electron chi connectivity index (χ4n) is 2.32. The molecule has 41 heavy (non-hydrogen) atoms. The minimum atomic E-state index is -3.36. The van der Waals surface area contributed by atoms with E-state index in [1.54, 1.807) is 13.8 Å². The topological polar surface area (TPSA) is 136 Å². The molecule has 0 radical (unpaired) electrons.